The van der Waals surface area contributed by atoms with Gasteiger partial charge in [-0.25, -0.2) is 4.39 Å². The first-order valence-electron chi connectivity index (χ1n) is 12.2. The van der Waals surface area contributed by atoms with Crippen molar-refractivity contribution in [1.29, 1.82) is 0 Å². The number of carbonyl (C=O) groups is 1. The van der Waals surface area contributed by atoms with Crippen LogP contribution in [0.15, 0.2) is 36.7 Å². The molecule has 0 saturated carbocycles. The molecular formula is C27H35FN2O4. The molecule has 0 bridgehead atoms. The number of hydrogen-bond acceptors (Lipinski definition) is 5. The molecule has 1 aromatic heterocycles. The van der Waals surface area contributed by atoms with Crippen LogP contribution in [0.4, 0.5) is 4.39 Å². The van der Waals surface area contributed by atoms with Crippen molar-refractivity contribution in [2.45, 2.75) is 77.3 Å². The smallest absolute Gasteiger partial charge is 0.253 e. The Kier molecular flexibility index (Phi) is 7.53. The highest BCUT2D eigenvalue weighted by Crippen LogP contribution is 2.44. The lowest BCUT2D eigenvalue weighted by Gasteiger charge is -2.48. The molecule has 2 aliphatic heterocycles. The van der Waals surface area contributed by atoms with E-state index in [4.69, 9.17) is 14.2 Å². The van der Waals surface area contributed by atoms with E-state index in [9.17, 15) is 9.18 Å². The Morgan fingerprint density at radius 3 is 2.68 bits per heavy atom. The minimum atomic E-state index is -0.392. The van der Waals surface area contributed by atoms with Gasteiger partial charge in [0.15, 0.2) is 0 Å². The number of pyridine rings is 1. The van der Waals surface area contributed by atoms with Gasteiger partial charge in [-0.3, -0.25) is 9.78 Å². The first-order valence-corrected chi connectivity index (χ1v) is 12.2. The molecule has 2 fully saturated rings. The van der Waals surface area contributed by atoms with Crippen LogP contribution in [-0.4, -0.2) is 53.3 Å². The zero-order valence-corrected chi connectivity index (χ0v) is 20.6. The van der Waals surface area contributed by atoms with E-state index in [2.05, 4.69) is 4.98 Å². The van der Waals surface area contributed by atoms with Gasteiger partial charge in [0.1, 0.15) is 11.6 Å². The predicted molar refractivity (Wildman–Crippen MR) is 127 cm³/mol. The van der Waals surface area contributed by atoms with Gasteiger partial charge in [-0.2, -0.15) is 0 Å². The van der Waals surface area contributed by atoms with E-state index in [0.29, 0.717) is 31.7 Å². The van der Waals surface area contributed by atoms with Crippen LogP contribution in [0.3, 0.4) is 0 Å². The van der Waals surface area contributed by atoms with Crippen molar-refractivity contribution in [3.05, 3.63) is 59.2 Å². The minimum Gasteiger partial charge on any atom is -0.491 e. The van der Waals surface area contributed by atoms with Crippen LogP contribution in [0.2, 0.25) is 0 Å². The number of halogens is 1. The van der Waals surface area contributed by atoms with Crippen molar-refractivity contribution >= 4 is 5.91 Å². The van der Waals surface area contributed by atoms with Gasteiger partial charge in [0.2, 0.25) is 0 Å². The van der Waals surface area contributed by atoms with Gasteiger partial charge in [-0.05, 0) is 70.4 Å². The summed E-state index contributed by atoms with van der Waals surface area (Å²) in [5, 5.41) is 0. The summed E-state index contributed by atoms with van der Waals surface area (Å²) in [4.78, 5) is 19.1. The second-order valence-electron chi connectivity index (χ2n) is 9.68. The third-order valence-corrected chi connectivity index (χ3v) is 6.72. The Labute approximate surface area is 201 Å². The molecule has 2 aromatic rings. The number of benzene rings is 1. The highest BCUT2D eigenvalue weighted by Gasteiger charge is 2.45. The summed E-state index contributed by atoms with van der Waals surface area (Å²) in [6.45, 7) is 9.76. The molecule has 1 spiro atoms. The molecule has 4 rings (SSSR count). The Bertz CT molecular complexity index is 1000. The lowest BCUT2D eigenvalue weighted by atomic mass is 9.80. The lowest BCUT2D eigenvalue weighted by Crippen LogP contribution is -2.52. The van der Waals surface area contributed by atoms with Crippen molar-refractivity contribution in [2.75, 3.05) is 19.7 Å². The van der Waals surface area contributed by atoms with E-state index in [0.717, 1.165) is 36.1 Å². The molecule has 1 aromatic carbocycles. The first-order chi connectivity index (χ1) is 16.3. The summed E-state index contributed by atoms with van der Waals surface area (Å²) < 4.78 is 32.2. The Morgan fingerprint density at radius 2 is 2.03 bits per heavy atom. The van der Waals surface area contributed by atoms with Crippen LogP contribution >= 0.6 is 0 Å². The van der Waals surface area contributed by atoms with Gasteiger partial charge >= 0.3 is 0 Å². The zero-order chi connectivity index (χ0) is 24.3. The summed E-state index contributed by atoms with van der Waals surface area (Å²) in [5.74, 6) is 0.464. The number of rotatable bonds is 6. The second kappa shape index (κ2) is 10.4. The largest absolute Gasteiger partial charge is 0.491 e. The highest BCUT2D eigenvalue weighted by atomic mass is 19.1. The standard InChI is InChI=1S/C27H35FN2O4/c1-5-32-23-14-25(21-13-22(28)17-29-16-21)34-27(15-23)8-10-30(11-9-27)26(31)20-6-7-24(19(4)12-20)33-18(2)3/h6-7,12-13,16-18,23,25H,5,8-11,14-15H2,1-4H3/t23?,25-/m0/s1. The number of nitrogens with zero attached hydrogens (tertiary/aromatic N) is 2. The van der Waals surface area contributed by atoms with Gasteiger partial charge in [0, 0.05) is 49.9 Å². The van der Waals surface area contributed by atoms with Crippen molar-refractivity contribution in [3.8, 4) is 5.75 Å². The molecule has 184 valence electrons. The Balaban J connectivity index is 1.45. The molecule has 1 unspecified atom stereocenters. The van der Waals surface area contributed by atoms with E-state index in [1.807, 2.05) is 50.8 Å². The fourth-order valence-electron chi connectivity index (χ4n) is 5.10. The van der Waals surface area contributed by atoms with Gasteiger partial charge < -0.3 is 19.1 Å². The number of aryl methyl sites for hydroxylation is 1. The number of aromatic nitrogens is 1. The molecule has 0 radical (unpaired) electrons. The summed E-state index contributed by atoms with van der Waals surface area (Å²) in [6, 6.07) is 7.11. The SMILES string of the molecule is CCOC1C[C@@H](c2cncc(F)c2)OC2(CCN(C(=O)c3ccc(OC(C)C)c(C)c3)CC2)C1. The highest BCUT2D eigenvalue weighted by molar-refractivity contribution is 5.94. The molecule has 6 nitrogen and oxygen atoms in total. The number of hydrogen-bond donors (Lipinski definition) is 0. The third-order valence-electron chi connectivity index (χ3n) is 6.72. The summed E-state index contributed by atoms with van der Waals surface area (Å²) in [7, 11) is 0. The van der Waals surface area contributed by atoms with Gasteiger partial charge in [-0.15, -0.1) is 0 Å². The van der Waals surface area contributed by atoms with Crippen molar-refractivity contribution in [3.63, 3.8) is 0 Å². The molecule has 0 aliphatic carbocycles. The molecule has 2 atom stereocenters. The molecule has 2 aliphatic rings. The maximum Gasteiger partial charge on any atom is 0.253 e. The van der Waals surface area contributed by atoms with Gasteiger partial charge in [0.25, 0.3) is 5.91 Å². The maximum absolute atomic E-state index is 13.8. The maximum atomic E-state index is 13.8. The molecule has 34 heavy (non-hydrogen) atoms. The molecule has 2 saturated heterocycles. The third kappa shape index (κ3) is 5.58. The number of piperidine rings is 1. The van der Waals surface area contributed by atoms with Crippen LogP contribution in [0, 0.1) is 12.7 Å². The number of likely N-dealkylation sites (tertiary alicyclic amines) is 1. The van der Waals surface area contributed by atoms with E-state index < -0.39 is 5.60 Å². The summed E-state index contributed by atoms with van der Waals surface area (Å²) >= 11 is 0. The number of ether oxygens (including phenoxy) is 3. The van der Waals surface area contributed by atoms with Gasteiger partial charge in [-0.1, -0.05) is 0 Å². The normalized spacial score (nSPS) is 22.2. The average Bonchev–Trinajstić information content (AvgIpc) is 2.80. The van der Waals surface area contributed by atoms with Crippen LogP contribution in [0.5, 0.6) is 5.75 Å². The van der Waals surface area contributed by atoms with E-state index in [-0.39, 0.29) is 30.0 Å². The number of amides is 1. The Morgan fingerprint density at radius 1 is 1.26 bits per heavy atom. The minimum absolute atomic E-state index is 0.0251. The topological polar surface area (TPSA) is 60.9 Å². The van der Waals surface area contributed by atoms with Crippen LogP contribution in [-0.2, 0) is 9.47 Å². The second-order valence-corrected chi connectivity index (χ2v) is 9.68. The van der Waals surface area contributed by atoms with Crippen molar-refractivity contribution in [2.24, 2.45) is 0 Å². The summed E-state index contributed by atoms with van der Waals surface area (Å²) in [6.07, 6.45) is 5.61. The zero-order valence-electron chi connectivity index (χ0n) is 20.6. The van der Waals surface area contributed by atoms with E-state index in [1.165, 1.54) is 12.3 Å². The monoisotopic (exact) mass is 470 g/mol. The van der Waals surface area contributed by atoms with E-state index in [1.54, 1.807) is 6.20 Å². The number of carbonyl (C=O) groups excluding carboxylic acids is 1. The molecule has 1 amide bonds. The Hall–Kier alpha value is -2.51. The van der Waals surface area contributed by atoms with Crippen molar-refractivity contribution in [1.82, 2.24) is 9.88 Å². The quantitative estimate of drug-likeness (QED) is 0.577. The fraction of sp³-hybridized carbons (Fsp3) is 0.556. The molecular weight excluding hydrogens is 435 g/mol. The summed E-state index contributed by atoms with van der Waals surface area (Å²) in [5.41, 5.74) is 1.97. The molecule has 7 heteroatoms. The lowest BCUT2D eigenvalue weighted by molar-refractivity contribution is -0.190. The van der Waals surface area contributed by atoms with E-state index >= 15 is 0 Å². The van der Waals surface area contributed by atoms with Crippen LogP contribution < -0.4 is 4.74 Å². The van der Waals surface area contributed by atoms with Crippen LogP contribution in [0.25, 0.3) is 0 Å². The van der Waals surface area contributed by atoms with Crippen molar-refractivity contribution < 1.29 is 23.4 Å². The predicted octanol–water partition coefficient (Wildman–Crippen LogP) is 5.25. The molecule has 0 N–H and O–H groups in total. The van der Waals surface area contributed by atoms with Crippen LogP contribution in [0.1, 0.15) is 74.0 Å². The first kappa shape index (κ1) is 24.6. The fourth-order valence-corrected chi connectivity index (χ4v) is 5.10. The average molecular weight is 471 g/mol. The van der Waals surface area contributed by atoms with Gasteiger partial charge in [0.05, 0.1) is 30.1 Å². The molecule has 3 heterocycles.